The number of halogens is 1. The Labute approximate surface area is 86.6 Å². The summed E-state index contributed by atoms with van der Waals surface area (Å²) in [6.45, 7) is 0. The van der Waals surface area contributed by atoms with Crippen molar-refractivity contribution >= 4 is 32.3 Å². The first kappa shape index (κ1) is 9.55. The number of nitrogens with one attached hydrogen (secondary N) is 1. The van der Waals surface area contributed by atoms with Gasteiger partial charge in [-0.25, -0.2) is 8.42 Å². The second-order valence-corrected chi connectivity index (χ2v) is 5.56. The van der Waals surface area contributed by atoms with E-state index in [-0.39, 0.29) is 5.03 Å². The van der Waals surface area contributed by atoms with E-state index >= 15 is 0 Å². The van der Waals surface area contributed by atoms with Crippen LogP contribution in [-0.4, -0.2) is 19.7 Å². The van der Waals surface area contributed by atoms with Gasteiger partial charge in [0.1, 0.15) is 5.03 Å². The Morgan fingerprint density at radius 1 is 1.29 bits per heavy atom. The Balaban J connectivity index is 2.75. The lowest BCUT2D eigenvalue weighted by molar-refractivity contribution is 0.599. The molecule has 0 radical (unpaired) electrons. The van der Waals surface area contributed by atoms with Gasteiger partial charge in [0.25, 0.3) is 0 Å². The van der Waals surface area contributed by atoms with Gasteiger partial charge in [-0.15, -0.1) is 0 Å². The molecule has 2 aromatic rings. The zero-order valence-electron chi connectivity index (χ0n) is 7.41. The highest BCUT2D eigenvalue weighted by Crippen LogP contribution is 2.21. The number of aromatic nitrogens is 1. The molecule has 0 spiro atoms. The van der Waals surface area contributed by atoms with Gasteiger partial charge in [0.15, 0.2) is 9.84 Å². The molecule has 1 aromatic heterocycles. The van der Waals surface area contributed by atoms with Crippen molar-refractivity contribution in [3.8, 4) is 0 Å². The molecule has 1 heterocycles. The molecular formula is C9H8ClNO2S. The minimum Gasteiger partial charge on any atom is -0.346 e. The van der Waals surface area contributed by atoms with Crippen LogP contribution in [0.4, 0.5) is 0 Å². The van der Waals surface area contributed by atoms with E-state index < -0.39 is 9.84 Å². The van der Waals surface area contributed by atoms with Crippen LogP contribution in [0.5, 0.6) is 0 Å². The zero-order valence-corrected chi connectivity index (χ0v) is 8.98. The topological polar surface area (TPSA) is 49.9 Å². The summed E-state index contributed by atoms with van der Waals surface area (Å²) in [5, 5.41) is 1.64. The average molecular weight is 230 g/mol. The van der Waals surface area contributed by atoms with Crippen LogP contribution in [0.15, 0.2) is 29.3 Å². The monoisotopic (exact) mass is 229 g/mol. The lowest BCUT2D eigenvalue weighted by Crippen LogP contribution is -1.96. The summed E-state index contributed by atoms with van der Waals surface area (Å²) in [7, 11) is -3.18. The van der Waals surface area contributed by atoms with Crippen molar-refractivity contribution in [2.75, 3.05) is 6.26 Å². The molecule has 0 aliphatic heterocycles. The molecule has 0 unspecified atom stereocenters. The van der Waals surface area contributed by atoms with E-state index in [1.165, 1.54) is 6.26 Å². The van der Waals surface area contributed by atoms with Crippen molar-refractivity contribution in [2.45, 2.75) is 5.03 Å². The normalized spacial score (nSPS) is 12.1. The molecule has 1 N–H and O–H groups in total. The number of sulfone groups is 1. The first-order chi connectivity index (χ1) is 6.47. The fraction of sp³-hybridized carbons (Fsp3) is 0.111. The average Bonchev–Trinajstić information content (AvgIpc) is 2.45. The smallest absolute Gasteiger partial charge is 0.190 e. The molecule has 0 amide bonds. The first-order valence-corrected chi connectivity index (χ1v) is 6.22. The first-order valence-electron chi connectivity index (χ1n) is 3.95. The van der Waals surface area contributed by atoms with Gasteiger partial charge >= 0.3 is 0 Å². The van der Waals surface area contributed by atoms with Gasteiger partial charge in [0, 0.05) is 22.2 Å². The largest absolute Gasteiger partial charge is 0.346 e. The standard InChI is InChI=1S/C9H8ClNO2S/c1-14(12,13)9-4-6-2-3-7(10)5-8(6)11-9/h2-5,11H,1H3. The van der Waals surface area contributed by atoms with Crippen molar-refractivity contribution in [3.05, 3.63) is 29.3 Å². The molecule has 0 bridgehead atoms. The SMILES string of the molecule is CS(=O)(=O)c1cc2ccc(Cl)cc2[nH]1. The highest BCUT2D eigenvalue weighted by atomic mass is 35.5. The maximum Gasteiger partial charge on any atom is 0.190 e. The Bertz CT molecular complexity index is 586. The third kappa shape index (κ3) is 1.63. The van der Waals surface area contributed by atoms with E-state index in [1.807, 2.05) is 0 Å². The number of aromatic amines is 1. The lowest BCUT2D eigenvalue weighted by atomic mass is 10.2. The van der Waals surface area contributed by atoms with E-state index in [4.69, 9.17) is 11.6 Å². The fourth-order valence-electron chi connectivity index (χ4n) is 1.27. The zero-order chi connectivity index (χ0) is 10.3. The van der Waals surface area contributed by atoms with E-state index in [1.54, 1.807) is 24.3 Å². The summed E-state index contributed by atoms with van der Waals surface area (Å²) in [6.07, 6.45) is 1.17. The second-order valence-electron chi connectivity index (χ2n) is 3.14. The molecule has 0 atom stereocenters. The predicted molar refractivity (Wildman–Crippen MR) is 56.4 cm³/mol. The molecule has 2 rings (SSSR count). The summed E-state index contributed by atoms with van der Waals surface area (Å²) >= 11 is 5.77. The van der Waals surface area contributed by atoms with Gasteiger partial charge in [0.2, 0.25) is 0 Å². The number of rotatable bonds is 1. The summed E-state index contributed by atoms with van der Waals surface area (Å²) in [6, 6.07) is 6.80. The summed E-state index contributed by atoms with van der Waals surface area (Å²) in [4.78, 5) is 2.80. The molecule has 3 nitrogen and oxygen atoms in total. The van der Waals surface area contributed by atoms with E-state index in [9.17, 15) is 8.42 Å². The summed E-state index contributed by atoms with van der Waals surface area (Å²) in [5.41, 5.74) is 0.734. The van der Waals surface area contributed by atoms with Crippen LogP contribution < -0.4 is 0 Å². The van der Waals surface area contributed by atoms with Crippen molar-refractivity contribution in [1.82, 2.24) is 4.98 Å². The van der Waals surface area contributed by atoms with Gasteiger partial charge in [-0.3, -0.25) is 0 Å². The van der Waals surface area contributed by atoms with Gasteiger partial charge < -0.3 is 4.98 Å². The molecule has 14 heavy (non-hydrogen) atoms. The lowest BCUT2D eigenvalue weighted by Gasteiger charge is -1.90. The molecule has 74 valence electrons. The third-order valence-electron chi connectivity index (χ3n) is 1.96. The predicted octanol–water partition coefficient (Wildman–Crippen LogP) is 2.22. The minimum absolute atomic E-state index is 0.217. The number of hydrogen-bond donors (Lipinski definition) is 1. The Morgan fingerprint density at radius 3 is 2.64 bits per heavy atom. The third-order valence-corrected chi connectivity index (χ3v) is 3.21. The molecule has 0 aliphatic rings. The van der Waals surface area contributed by atoms with Gasteiger partial charge in [-0.05, 0) is 18.2 Å². The molecule has 0 saturated heterocycles. The van der Waals surface area contributed by atoms with E-state index in [0.717, 1.165) is 10.9 Å². The van der Waals surface area contributed by atoms with Crippen molar-refractivity contribution < 1.29 is 8.42 Å². The number of benzene rings is 1. The van der Waals surface area contributed by atoms with Crippen LogP contribution >= 0.6 is 11.6 Å². The summed E-state index contributed by atoms with van der Waals surface area (Å²) in [5.74, 6) is 0. The van der Waals surface area contributed by atoms with Crippen LogP contribution in [0.3, 0.4) is 0 Å². The maximum absolute atomic E-state index is 11.2. The van der Waals surface area contributed by atoms with Crippen LogP contribution in [0, 0.1) is 0 Å². The van der Waals surface area contributed by atoms with Crippen molar-refractivity contribution in [2.24, 2.45) is 0 Å². The molecule has 1 aromatic carbocycles. The quantitative estimate of drug-likeness (QED) is 0.815. The van der Waals surface area contributed by atoms with E-state index in [0.29, 0.717) is 5.02 Å². The summed E-state index contributed by atoms with van der Waals surface area (Å²) < 4.78 is 22.4. The van der Waals surface area contributed by atoms with Crippen LogP contribution in [0.25, 0.3) is 10.9 Å². The van der Waals surface area contributed by atoms with Crippen molar-refractivity contribution in [1.29, 1.82) is 0 Å². The maximum atomic E-state index is 11.2. The minimum atomic E-state index is -3.18. The molecule has 0 fully saturated rings. The number of H-pyrrole nitrogens is 1. The number of hydrogen-bond acceptors (Lipinski definition) is 2. The van der Waals surface area contributed by atoms with Crippen LogP contribution in [0.1, 0.15) is 0 Å². The van der Waals surface area contributed by atoms with Crippen LogP contribution in [0.2, 0.25) is 5.02 Å². The number of fused-ring (bicyclic) bond motifs is 1. The second kappa shape index (κ2) is 3.00. The Hall–Kier alpha value is -1.00. The van der Waals surface area contributed by atoms with Gasteiger partial charge in [0.05, 0.1) is 0 Å². The molecule has 0 saturated carbocycles. The Morgan fingerprint density at radius 2 is 2.00 bits per heavy atom. The highest BCUT2D eigenvalue weighted by molar-refractivity contribution is 7.90. The fourth-order valence-corrected chi connectivity index (χ4v) is 2.08. The molecule has 5 heteroatoms. The molecule has 0 aliphatic carbocycles. The van der Waals surface area contributed by atoms with Crippen LogP contribution in [-0.2, 0) is 9.84 Å². The highest BCUT2D eigenvalue weighted by Gasteiger charge is 2.10. The van der Waals surface area contributed by atoms with Crippen molar-refractivity contribution in [3.63, 3.8) is 0 Å². The van der Waals surface area contributed by atoms with E-state index in [2.05, 4.69) is 4.98 Å². The van der Waals surface area contributed by atoms with Gasteiger partial charge in [-0.2, -0.15) is 0 Å². The molecular weight excluding hydrogens is 222 g/mol. The van der Waals surface area contributed by atoms with Gasteiger partial charge in [-0.1, -0.05) is 17.7 Å². The Kier molecular flexibility index (Phi) is 2.05.